The van der Waals surface area contributed by atoms with Crippen LogP contribution in [0.2, 0.25) is 0 Å². The van der Waals surface area contributed by atoms with Crippen molar-refractivity contribution in [2.24, 2.45) is 0 Å². The Morgan fingerprint density at radius 3 is 2.62 bits per heavy atom. The summed E-state index contributed by atoms with van der Waals surface area (Å²) in [5, 5.41) is 2.65. The Kier molecular flexibility index (Phi) is 3.28. The maximum atomic E-state index is 12.3. The van der Waals surface area contributed by atoms with E-state index < -0.39 is 0 Å². The molecule has 0 saturated heterocycles. The van der Waals surface area contributed by atoms with Crippen molar-refractivity contribution in [1.82, 2.24) is 0 Å². The van der Waals surface area contributed by atoms with Crippen LogP contribution in [0.4, 0.5) is 5.69 Å². The van der Waals surface area contributed by atoms with Gasteiger partial charge in [-0.05, 0) is 29.8 Å². The zero-order chi connectivity index (χ0) is 14.8. The van der Waals surface area contributed by atoms with E-state index >= 15 is 0 Å². The molecule has 3 rings (SSSR count). The van der Waals surface area contributed by atoms with E-state index in [1.165, 1.54) is 6.92 Å². The van der Waals surface area contributed by atoms with Crippen molar-refractivity contribution in [3.63, 3.8) is 0 Å². The van der Waals surface area contributed by atoms with E-state index in [1.807, 2.05) is 30.3 Å². The van der Waals surface area contributed by atoms with E-state index in [2.05, 4.69) is 5.32 Å². The number of nitrogens with one attached hydrogen (secondary N) is 1. The van der Waals surface area contributed by atoms with Crippen molar-refractivity contribution in [2.45, 2.75) is 6.92 Å². The number of amides is 1. The summed E-state index contributed by atoms with van der Waals surface area (Å²) in [6, 6.07) is 14.5. The summed E-state index contributed by atoms with van der Waals surface area (Å²) < 4.78 is 5.58. The molecule has 0 fully saturated rings. The lowest BCUT2D eigenvalue weighted by Crippen LogP contribution is -2.06. The second-order valence-electron chi connectivity index (χ2n) is 4.74. The smallest absolute Gasteiger partial charge is 0.232 e. The fraction of sp³-hybridized carbons (Fsp3) is 0.0588. The highest BCUT2D eigenvalue weighted by molar-refractivity contribution is 6.15. The topological polar surface area (TPSA) is 55.4 Å². The van der Waals surface area contributed by atoms with Gasteiger partial charge >= 0.3 is 0 Å². The van der Waals surface area contributed by atoms with Crippen LogP contribution in [0.3, 0.4) is 0 Å². The van der Waals surface area contributed by atoms with Gasteiger partial charge in [0, 0.05) is 12.6 Å². The third-order valence-electron chi connectivity index (χ3n) is 3.09. The van der Waals surface area contributed by atoms with Gasteiger partial charge in [0.25, 0.3) is 0 Å². The Labute approximate surface area is 122 Å². The van der Waals surface area contributed by atoms with Crippen LogP contribution in [-0.4, -0.2) is 11.7 Å². The molecule has 4 nitrogen and oxygen atoms in total. The number of hydrogen-bond acceptors (Lipinski definition) is 3. The maximum absolute atomic E-state index is 12.3. The van der Waals surface area contributed by atoms with Gasteiger partial charge in [-0.15, -0.1) is 0 Å². The van der Waals surface area contributed by atoms with Gasteiger partial charge < -0.3 is 10.1 Å². The van der Waals surface area contributed by atoms with Gasteiger partial charge in [-0.25, -0.2) is 0 Å². The van der Waals surface area contributed by atoms with Crippen LogP contribution >= 0.6 is 0 Å². The van der Waals surface area contributed by atoms with E-state index in [4.69, 9.17) is 4.74 Å². The number of Topliss-reactive ketones (excluding diaryl/α,β-unsaturated/α-hetero) is 1. The molecule has 1 N–H and O–H groups in total. The molecule has 0 unspecified atom stereocenters. The molecule has 1 heterocycles. The van der Waals surface area contributed by atoms with E-state index in [-0.39, 0.29) is 17.4 Å². The van der Waals surface area contributed by atoms with E-state index in [1.54, 1.807) is 24.3 Å². The molecule has 0 atom stereocenters. The zero-order valence-corrected chi connectivity index (χ0v) is 11.4. The van der Waals surface area contributed by atoms with Crippen LogP contribution in [0, 0.1) is 0 Å². The maximum Gasteiger partial charge on any atom is 0.232 e. The van der Waals surface area contributed by atoms with Gasteiger partial charge in [0.2, 0.25) is 11.7 Å². The average Bonchev–Trinajstić information content (AvgIpc) is 2.76. The monoisotopic (exact) mass is 279 g/mol. The summed E-state index contributed by atoms with van der Waals surface area (Å²) in [5.41, 5.74) is 1.94. The van der Waals surface area contributed by atoms with Crippen LogP contribution in [0.1, 0.15) is 22.8 Å². The summed E-state index contributed by atoms with van der Waals surface area (Å²) in [6.07, 6.45) is 1.71. The van der Waals surface area contributed by atoms with Crippen molar-refractivity contribution in [3.8, 4) is 5.75 Å². The van der Waals surface area contributed by atoms with Gasteiger partial charge in [0.1, 0.15) is 5.75 Å². The molecule has 0 bridgehead atoms. The zero-order valence-electron chi connectivity index (χ0n) is 11.4. The molecule has 0 spiro atoms. The Morgan fingerprint density at radius 2 is 1.90 bits per heavy atom. The Hall–Kier alpha value is -2.88. The number of carbonyl (C=O) groups is 2. The van der Waals surface area contributed by atoms with Crippen molar-refractivity contribution < 1.29 is 14.3 Å². The van der Waals surface area contributed by atoms with Crippen molar-refractivity contribution >= 4 is 23.5 Å². The molecule has 2 aromatic carbocycles. The molecule has 0 saturated carbocycles. The summed E-state index contributed by atoms with van der Waals surface area (Å²) in [7, 11) is 0. The Balaban J connectivity index is 1.92. The Morgan fingerprint density at radius 1 is 1.14 bits per heavy atom. The predicted molar refractivity (Wildman–Crippen MR) is 80.1 cm³/mol. The fourth-order valence-electron chi connectivity index (χ4n) is 2.17. The van der Waals surface area contributed by atoms with E-state index in [9.17, 15) is 9.59 Å². The number of ketones is 1. The number of rotatable bonds is 2. The second kappa shape index (κ2) is 5.25. The molecule has 104 valence electrons. The number of fused-ring (bicyclic) bond motifs is 1. The molecular formula is C17H13NO3. The van der Waals surface area contributed by atoms with Crippen molar-refractivity contribution in [3.05, 3.63) is 65.4 Å². The molecule has 21 heavy (non-hydrogen) atoms. The summed E-state index contributed by atoms with van der Waals surface area (Å²) in [6.45, 7) is 1.42. The number of carbonyl (C=O) groups excluding carboxylic acids is 2. The largest absolute Gasteiger partial charge is 0.452 e. The fourth-order valence-corrected chi connectivity index (χ4v) is 2.17. The number of benzene rings is 2. The normalized spacial score (nSPS) is 14.7. The van der Waals surface area contributed by atoms with Gasteiger partial charge in [0.05, 0.1) is 5.56 Å². The lowest BCUT2D eigenvalue weighted by Gasteiger charge is -2.02. The third-order valence-corrected chi connectivity index (χ3v) is 3.09. The first-order valence-electron chi connectivity index (χ1n) is 6.54. The minimum absolute atomic E-state index is 0.179. The van der Waals surface area contributed by atoms with Gasteiger partial charge in [-0.1, -0.05) is 30.3 Å². The molecule has 1 aliphatic heterocycles. The minimum atomic E-state index is -0.180. The Bertz CT molecular complexity index is 748. The van der Waals surface area contributed by atoms with Crippen LogP contribution in [-0.2, 0) is 4.79 Å². The lowest BCUT2D eigenvalue weighted by atomic mass is 10.1. The molecule has 0 radical (unpaired) electrons. The second-order valence-corrected chi connectivity index (χ2v) is 4.74. The molecule has 0 aromatic heterocycles. The minimum Gasteiger partial charge on any atom is -0.452 e. The van der Waals surface area contributed by atoms with Crippen LogP contribution < -0.4 is 10.1 Å². The summed E-state index contributed by atoms with van der Waals surface area (Å²) >= 11 is 0. The third kappa shape index (κ3) is 2.69. The molecule has 1 amide bonds. The van der Waals surface area contributed by atoms with Crippen molar-refractivity contribution in [1.29, 1.82) is 0 Å². The SMILES string of the molecule is CC(=O)Nc1ccc2c(c1)C(=O)/C(=C/c1ccccc1)O2. The first-order valence-corrected chi connectivity index (χ1v) is 6.54. The number of ether oxygens (including phenoxy) is 1. The van der Waals surface area contributed by atoms with Crippen LogP contribution in [0.15, 0.2) is 54.3 Å². The van der Waals surface area contributed by atoms with Crippen molar-refractivity contribution in [2.75, 3.05) is 5.32 Å². The molecule has 2 aromatic rings. The van der Waals surface area contributed by atoms with Crippen LogP contribution in [0.5, 0.6) is 5.75 Å². The van der Waals surface area contributed by atoms with E-state index in [0.29, 0.717) is 17.0 Å². The highest BCUT2D eigenvalue weighted by atomic mass is 16.5. The number of anilines is 1. The average molecular weight is 279 g/mol. The summed E-state index contributed by atoms with van der Waals surface area (Å²) in [5.74, 6) is 0.440. The summed E-state index contributed by atoms with van der Waals surface area (Å²) in [4.78, 5) is 23.4. The molecule has 0 aliphatic carbocycles. The molecular weight excluding hydrogens is 266 g/mol. The number of allylic oxidation sites excluding steroid dienone is 1. The lowest BCUT2D eigenvalue weighted by molar-refractivity contribution is -0.114. The highest BCUT2D eigenvalue weighted by Gasteiger charge is 2.27. The quantitative estimate of drug-likeness (QED) is 0.858. The number of hydrogen-bond donors (Lipinski definition) is 1. The first kappa shape index (κ1) is 13.1. The molecule has 1 aliphatic rings. The van der Waals surface area contributed by atoms with Gasteiger partial charge in [-0.3, -0.25) is 9.59 Å². The van der Waals surface area contributed by atoms with Gasteiger partial charge in [0.15, 0.2) is 5.76 Å². The standard InChI is InChI=1S/C17H13NO3/c1-11(19)18-13-7-8-15-14(10-13)17(20)16(21-15)9-12-5-3-2-4-6-12/h2-10H,1H3,(H,18,19)/b16-9-. The van der Waals surface area contributed by atoms with Gasteiger partial charge in [-0.2, -0.15) is 0 Å². The molecule has 4 heteroatoms. The highest BCUT2D eigenvalue weighted by Crippen LogP contribution is 2.33. The van der Waals surface area contributed by atoms with Crippen LogP contribution in [0.25, 0.3) is 6.08 Å². The van der Waals surface area contributed by atoms with E-state index in [0.717, 1.165) is 5.56 Å². The first-order chi connectivity index (χ1) is 10.1. The predicted octanol–water partition coefficient (Wildman–Crippen LogP) is 3.26.